The van der Waals surface area contributed by atoms with Crippen LogP contribution in [0.4, 0.5) is 15.0 Å². The normalized spacial score (nSPS) is 30.2. The number of H-pyrrole nitrogens is 1. The lowest BCUT2D eigenvalue weighted by Gasteiger charge is -2.51. The van der Waals surface area contributed by atoms with Gasteiger partial charge in [0, 0.05) is 35.0 Å². The maximum Gasteiger partial charge on any atom is 0.407 e. The number of nitrogens with zero attached hydrogens (tertiary/aromatic N) is 6. The predicted molar refractivity (Wildman–Crippen MR) is 202 cm³/mol. The summed E-state index contributed by atoms with van der Waals surface area (Å²) in [6.45, 7) is 9.06. The molecule has 288 valence electrons. The number of benzene rings is 1. The number of methoxy groups -OCH3 is 1. The molecule has 2 N–H and O–H groups in total. The van der Waals surface area contributed by atoms with E-state index in [1.165, 1.54) is 7.11 Å². The molecule has 1 spiro atoms. The summed E-state index contributed by atoms with van der Waals surface area (Å²) in [4.78, 5) is 31.6. The first-order valence-corrected chi connectivity index (χ1v) is 19.8. The Bertz CT molecular complexity index is 2110. The van der Waals surface area contributed by atoms with E-state index in [1.54, 1.807) is 6.20 Å². The lowest BCUT2D eigenvalue weighted by molar-refractivity contribution is -0.0967. The molecule has 5 aliphatic rings. The minimum atomic E-state index is -0.741. The third-order valence-corrected chi connectivity index (χ3v) is 13.2. The average molecular weight is 763 g/mol. The number of pyridine rings is 1. The van der Waals surface area contributed by atoms with E-state index in [1.807, 2.05) is 17.9 Å². The third-order valence-electron chi connectivity index (χ3n) is 12.7. The zero-order chi connectivity index (χ0) is 37.4. The summed E-state index contributed by atoms with van der Waals surface area (Å²) in [6, 6.07) is 2.82. The summed E-state index contributed by atoms with van der Waals surface area (Å²) in [5.74, 6) is -0.0966. The van der Waals surface area contributed by atoms with Crippen LogP contribution in [0.5, 0.6) is 11.9 Å². The average Bonchev–Trinajstić information content (AvgIpc) is 3.90. The Kier molecular flexibility index (Phi) is 9.00. The van der Waals surface area contributed by atoms with Gasteiger partial charge in [0.1, 0.15) is 28.0 Å². The predicted octanol–water partition coefficient (Wildman–Crippen LogP) is 6.73. The molecule has 13 nitrogen and oxygen atoms in total. The van der Waals surface area contributed by atoms with Crippen molar-refractivity contribution in [2.24, 2.45) is 5.41 Å². The van der Waals surface area contributed by atoms with Gasteiger partial charge in [0.2, 0.25) is 5.88 Å². The molecule has 4 saturated heterocycles. The lowest BCUT2D eigenvalue weighted by Crippen LogP contribution is -2.57. The van der Waals surface area contributed by atoms with Crippen LogP contribution in [0.2, 0.25) is 5.02 Å². The largest absolute Gasteiger partial charge is 0.480 e. The second-order valence-corrected chi connectivity index (χ2v) is 16.7. The van der Waals surface area contributed by atoms with Crippen LogP contribution in [0.1, 0.15) is 77.2 Å². The highest BCUT2D eigenvalue weighted by Gasteiger charge is 2.51. The van der Waals surface area contributed by atoms with Gasteiger partial charge in [-0.1, -0.05) is 18.0 Å². The SMILES string of the molecule is COc1nc(-c2c(Cl)c(C)cc3[nH]ncc23)c(F)c2nc(OC[C@]34CCCC3N(C3C[C@@H](C)O[C@@H](C)C3)CCC4)nc(N3CCC[C@]4(CNC(=O)O4)C3)c12. The van der Waals surface area contributed by atoms with Crippen LogP contribution in [0.3, 0.4) is 0 Å². The number of hydrogen-bond donors (Lipinski definition) is 2. The van der Waals surface area contributed by atoms with Crippen molar-refractivity contribution in [1.82, 2.24) is 35.4 Å². The van der Waals surface area contributed by atoms with E-state index in [0.29, 0.717) is 77.4 Å². The van der Waals surface area contributed by atoms with Gasteiger partial charge in [-0.15, -0.1) is 0 Å². The second-order valence-electron chi connectivity index (χ2n) is 16.3. The number of aryl methyl sites for hydroxylation is 1. The molecule has 4 aliphatic heterocycles. The Hall–Kier alpha value is -4.01. The zero-order valence-corrected chi connectivity index (χ0v) is 32.1. The van der Waals surface area contributed by atoms with E-state index in [9.17, 15) is 4.79 Å². The molecule has 54 heavy (non-hydrogen) atoms. The van der Waals surface area contributed by atoms with Gasteiger partial charge >= 0.3 is 12.1 Å². The molecule has 9 rings (SSSR count). The standard InChI is InChI=1S/C39H48ClFN8O5/c1-21-14-26-25(17-43-47-26)28(30(21)40)32-31(41)33-29(35(44-32)51-4)34(48-12-7-11-39(19-48)18-42-37(50)54-39)46-36(45-33)52-20-38-9-5-8-27(38)49(13-6-10-38)24-15-22(2)53-23(3)16-24/h14,17,22-24,27H,5-13,15-16,18-20H2,1-4H3,(H,42,50)(H,43,47)/t22-,23+,24?,27?,38-,39+/m1/s1. The first-order valence-electron chi connectivity index (χ1n) is 19.4. The number of anilines is 1. The smallest absolute Gasteiger partial charge is 0.407 e. The number of hydrogen-bond acceptors (Lipinski definition) is 11. The maximum atomic E-state index is 17.4. The van der Waals surface area contributed by atoms with Crippen LogP contribution in [-0.2, 0) is 9.47 Å². The number of nitrogens with one attached hydrogen (secondary N) is 2. The summed E-state index contributed by atoms with van der Waals surface area (Å²) < 4.78 is 41.9. The van der Waals surface area contributed by atoms with Crippen molar-refractivity contribution >= 4 is 45.3 Å². The lowest BCUT2D eigenvalue weighted by atomic mass is 9.74. The van der Waals surface area contributed by atoms with Crippen molar-refractivity contribution in [2.45, 2.75) is 108 Å². The fraction of sp³-hybridized carbons (Fsp3) is 0.615. The number of fused-ring (bicyclic) bond motifs is 3. The molecule has 0 bridgehead atoms. The summed E-state index contributed by atoms with van der Waals surface area (Å²) in [5, 5.41) is 11.3. The van der Waals surface area contributed by atoms with Gasteiger partial charge in [0.25, 0.3) is 0 Å². The van der Waals surface area contributed by atoms with E-state index in [2.05, 4.69) is 34.3 Å². The number of carbonyl (C=O) groups excluding carboxylic acids is 1. The van der Waals surface area contributed by atoms with Crippen molar-refractivity contribution in [3.8, 4) is 23.1 Å². The molecular formula is C39H48ClFN8O5. The van der Waals surface area contributed by atoms with Crippen LogP contribution in [0, 0.1) is 18.2 Å². The fourth-order valence-electron chi connectivity index (χ4n) is 10.4. The number of amides is 1. The van der Waals surface area contributed by atoms with Crippen LogP contribution >= 0.6 is 11.6 Å². The second kappa shape index (κ2) is 13.6. The van der Waals surface area contributed by atoms with Gasteiger partial charge in [-0.2, -0.15) is 15.1 Å². The van der Waals surface area contributed by atoms with Crippen LogP contribution < -0.4 is 19.7 Å². The molecule has 0 radical (unpaired) electrons. The number of aromatic amines is 1. The van der Waals surface area contributed by atoms with Gasteiger partial charge in [-0.05, 0) is 90.3 Å². The monoisotopic (exact) mass is 762 g/mol. The van der Waals surface area contributed by atoms with E-state index in [-0.39, 0.29) is 40.7 Å². The highest BCUT2D eigenvalue weighted by atomic mass is 35.5. The van der Waals surface area contributed by atoms with E-state index < -0.39 is 17.5 Å². The Balaban J connectivity index is 1.14. The number of piperidine rings is 2. The van der Waals surface area contributed by atoms with Crippen molar-refractivity contribution in [3.05, 3.63) is 28.7 Å². The Morgan fingerprint density at radius 1 is 1.09 bits per heavy atom. The van der Waals surface area contributed by atoms with Crippen LogP contribution in [-0.4, -0.2) is 106 Å². The number of aromatic nitrogens is 5. The number of carbonyl (C=O) groups is 1. The molecule has 3 aromatic heterocycles. The van der Waals surface area contributed by atoms with Gasteiger partial charge < -0.3 is 29.2 Å². The van der Waals surface area contributed by atoms with Gasteiger partial charge in [-0.25, -0.2) is 14.2 Å². The minimum absolute atomic E-state index is 0.00335. The summed E-state index contributed by atoms with van der Waals surface area (Å²) in [5.41, 5.74) is 1.05. The summed E-state index contributed by atoms with van der Waals surface area (Å²) >= 11 is 6.90. The van der Waals surface area contributed by atoms with Gasteiger partial charge in [-0.3, -0.25) is 10.00 Å². The maximum absolute atomic E-state index is 17.4. The molecule has 1 saturated carbocycles. The number of halogens is 2. The zero-order valence-electron chi connectivity index (χ0n) is 31.3. The molecule has 2 unspecified atom stereocenters. The molecule has 15 heteroatoms. The quantitative estimate of drug-likeness (QED) is 0.207. The Morgan fingerprint density at radius 3 is 2.67 bits per heavy atom. The summed E-state index contributed by atoms with van der Waals surface area (Å²) in [7, 11) is 1.50. The molecule has 5 fully saturated rings. The minimum Gasteiger partial charge on any atom is -0.480 e. The van der Waals surface area contributed by atoms with E-state index in [0.717, 1.165) is 63.5 Å². The molecule has 6 atom stereocenters. The van der Waals surface area contributed by atoms with Crippen molar-refractivity contribution in [1.29, 1.82) is 0 Å². The highest BCUT2D eigenvalue weighted by molar-refractivity contribution is 6.35. The van der Waals surface area contributed by atoms with E-state index >= 15 is 4.39 Å². The Labute approximate surface area is 318 Å². The number of ether oxygens (including phenoxy) is 4. The first-order chi connectivity index (χ1) is 26.1. The molecule has 4 aromatic rings. The highest BCUT2D eigenvalue weighted by Crippen LogP contribution is 2.50. The molecule has 7 heterocycles. The number of alkyl carbamates (subject to hydrolysis) is 1. The topological polar surface area (TPSA) is 140 Å². The van der Waals surface area contributed by atoms with Crippen molar-refractivity contribution < 1.29 is 28.1 Å². The molecule has 1 aliphatic carbocycles. The molecular weight excluding hydrogens is 715 g/mol. The molecule has 1 amide bonds. The first kappa shape index (κ1) is 35.7. The third kappa shape index (κ3) is 5.99. The Morgan fingerprint density at radius 2 is 1.89 bits per heavy atom. The summed E-state index contributed by atoms with van der Waals surface area (Å²) in [6.07, 6.45) is 10.6. The van der Waals surface area contributed by atoms with Crippen molar-refractivity contribution in [3.63, 3.8) is 0 Å². The van der Waals surface area contributed by atoms with Gasteiger partial charge in [0.15, 0.2) is 5.82 Å². The molecule has 1 aromatic carbocycles. The van der Waals surface area contributed by atoms with Crippen LogP contribution in [0.15, 0.2) is 12.3 Å². The van der Waals surface area contributed by atoms with E-state index in [4.69, 9.17) is 45.5 Å². The number of likely N-dealkylation sites (tertiary alicyclic amines) is 1. The number of rotatable bonds is 7. The van der Waals surface area contributed by atoms with Crippen LogP contribution in [0.25, 0.3) is 33.1 Å². The van der Waals surface area contributed by atoms with Crippen molar-refractivity contribution in [2.75, 3.05) is 44.8 Å². The van der Waals surface area contributed by atoms with Gasteiger partial charge in [0.05, 0.1) is 55.8 Å². The fourth-order valence-corrected chi connectivity index (χ4v) is 10.6.